The number of rotatable bonds is 9. The predicted molar refractivity (Wildman–Crippen MR) is 149 cm³/mol. The number of aryl methyl sites for hydroxylation is 2. The van der Waals surface area contributed by atoms with Gasteiger partial charge in [-0.3, -0.25) is 10.2 Å². The second-order valence-corrected chi connectivity index (χ2v) is 10.3. The molecule has 0 unspecified atom stereocenters. The number of fused-ring (bicyclic) bond motifs is 1. The molecule has 2 aliphatic heterocycles. The highest BCUT2D eigenvalue weighted by atomic mass is 35.5. The molecule has 2 aliphatic rings. The van der Waals surface area contributed by atoms with Gasteiger partial charge < -0.3 is 14.2 Å². The Morgan fingerprint density at radius 1 is 1.08 bits per heavy atom. The van der Waals surface area contributed by atoms with Crippen LogP contribution >= 0.6 is 23.4 Å². The molecule has 37 heavy (non-hydrogen) atoms. The van der Waals surface area contributed by atoms with Crippen molar-refractivity contribution in [3.8, 4) is 17.2 Å². The molecule has 2 heterocycles. The van der Waals surface area contributed by atoms with Crippen LogP contribution in [-0.4, -0.2) is 46.8 Å². The zero-order valence-electron chi connectivity index (χ0n) is 21.4. The standard InChI is InChI=1S/C27H29ClN4O4S/c1-6-34-22-14-18(12-20-24(29)32-27(30-25(20)33)37-26(31-32)15(2)3)13-21(28)23(22)36-8-7-35-19-10-16(4)9-17(5)11-19/h9-15,29H,6-8H2,1-5H3. The number of amidine groups is 2. The van der Waals surface area contributed by atoms with Gasteiger partial charge in [0.15, 0.2) is 17.3 Å². The molecule has 194 valence electrons. The molecule has 0 aromatic heterocycles. The Morgan fingerprint density at radius 2 is 1.78 bits per heavy atom. The first-order chi connectivity index (χ1) is 17.7. The minimum Gasteiger partial charge on any atom is -0.490 e. The number of aliphatic imine (C=N–C) groups is 1. The number of benzene rings is 2. The summed E-state index contributed by atoms with van der Waals surface area (Å²) in [5, 5.41) is 15.9. The summed E-state index contributed by atoms with van der Waals surface area (Å²) < 4.78 is 17.5. The summed E-state index contributed by atoms with van der Waals surface area (Å²) in [6.07, 6.45) is 1.57. The van der Waals surface area contributed by atoms with Gasteiger partial charge in [0.2, 0.25) is 5.17 Å². The van der Waals surface area contributed by atoms with Crippen LogP contribution in [0.4, 0.5) is 0 Å². The second kappa shape index (κ2) is 11.4. The Bertz CT molecular complexity index is 1320. The number of ether oxygens (including phenoxy) is 3. The van der Waals surface area contributed by atoms with Crippen molar-refractivity contribution in [1.29, 1.82) is 5.41 Å². The number of hydrogen-bond donors (Lipinski definition) is 1. The molecule has 1 amide bonds. The number of carbonyl (C=O) groups is 1. The van der Waals surface area contributed by atoms with E-state index in [4.69, 9.17) is 31.2 Å². The van der Waals surface area contributed by atoms with Gasteiger partial charge in [-0.2, -0.15) is 15.1 Å². The quantitative estimate of drug-likeness (QED) is 0.305. The second-order valence-electron chi connectivity index (χ2n) is 8.90. The lowest BCUT2D eigenvalue weighted by Gasteiger charge is -2.20. The van der Waals surface area contributed by atoms with E-state index >= 15 is 0 Å². The fraction of sp³-hybridized carbons (Fsp3) is 0.333. The molecule has 0 atom stereocenters. The molecule has 0 fully saturated rings. The van der Waals surface area contributed by atoms with E-state index in [0.29, 0.717) is 40.5 Å². The van der Waals surface area contributed by atoms with Crippen LogP contribution in [0, 0.1) is 25.2 Å². The van der Waals surface area contributed by atoms with Crippen LogP contribution in [0.15, 0.2) is 46.0 Å². The number of hydrogen-bond acceptors (Lipinski definition) is 7. The highest BCUT2D eigenvalue weighted by molar-refractivity contribution is 8.27. The molecular weight excluding hydrogens is 512 g/mol. The maximum atomic E-state index is 12.7. The smallest absolute Gasteiger partial charge is 0.283 e. The molecule has 0 bridgehead atoms. The number of thioether (sulfide) groups is 1. The Labute approximate surface area is 225 Å². The van der Waals surface area contributed by atoms with Crippen molar-refractivity contribution in [1.82, 2.24) is 5.01 Å². The van der Waals surface area contributed by atoms with Crippen LogP contribution in [-0.2, 0) is 4.79 Å². The van der Waals surface area contributed by atoms with Crippen LogP contribution in [0.2, 0.25) is 5.02 Å². The van der Waals surface area contributed by atoms with Gasteiger partial charge in [0, 0.05) is 5.92 Å². The van der Waals surface area contributed by atoms with Gasteiger partial charge in [-0.1, -0.05) is 31.5 Å². The minimum absolute atomic E-state index is 0.0314. The third kappa shape index (κ3) is 6.17. The van der Waals surface area contributed by atoms with Crippen LogP contribution in [0.25, 0.3) is 6.08 Å². The molecule has 10 heteroatoms. The number of nitrogens with zero attached hydrogens (tertiary/aromatic N) is 3. The normalized spacial score (nSPS) is 16.2. The van der Waals surface area contributed by atoms with Crippen molar-refractivity contribution in [2.45, 2.75) is 34.6 Å². The molecule has 2 aromatic rings. The lowest BCUT2D eigenvalue weighted by atomic mass is 10.1. The van der Waals surface area contributed by atoms with Crippen molar-refractivity contribution < 1.29 is 19.0 Å². The molecule has 2 aromatic carbocycles. The van der Waals surface area contributed by atoms with Crippen LogP contribution in [0.3, 0.4) is 0 Å². The molecule has 0 saturated carbocycles. The molecular formula is C27H29ClN4O4S. The summed E-state index contributed by atoms with van der Waals surface area (Å²) in [7, 11) is 0. The summed E-state index contributed by atoms with van der Waals surface area (Å²) in [5.41, 5.74) is 2.96. The first-order valence-electron chi connectivity index (χ1n) is 12.0. The highest BCUT2D eigenvalue weighted by Crippen LogP contribution is 2.38. The predicted octanol–water partition coefficient (Wildman–Crippen LogP) is 6.09. The number of hydrazone groups is 1. The van der Waals surface area contributed by atoms with E-state index in [1.807, 2.05) is 46.8 Å². The van der Waals surface area contributed by atoms with Gasteiger partial charge in [-0.15, -0.1) is 0 Å². The fourth-order valence-electron chi connectivity index (χ4n) is 3.80. The first-order valence-corrected chi connectivity index (χ1v) is 13.2. The number of amides is 1. The van der Waals surface area contributed by atoms with E-state index in [1.165, 1.54) is 16.8 Å². The Morgan fingerprint density at radius 3 is 2.46 bits per heavy atom. The van der Waals surface area contributed by atoms with Gasteiger partial charge in [-0.05, 0) is 79.6 Å². The van der Waals surface area contributed by atoms with Gasteiger partial charge in [0.25, 0.3) is 5.91 Å². The van der Waals surface area contributed by atoms with Crippen molar-refractivity contribution >= 4 is 51.4 Å². The molecule has 8 nitrogen and oxygen atoms in total. The lowest BCUT2D eigenvalue weighted by Crippen LogP contribution is -2.35. The number of nitrogens with one attached hydrogen (secondary N) is 1. The Balaban J connectivity index is 1.51. The van der Waals surface area contributed by atoms with Crippen LogP contribution in [0.1, 0.15) is 37.5 Å². The maximum Gasteiger partial charge on any atom is 0.283 e. The van der Waals surface area contributed by atoms with E-state index in [9.17, 15) is 4.79 Å². The number of halogens is 1. The topological polar surface area (TPSA) is 96.6 Å². The summed E-state index contributed by atoms with van der Waals surface area (Å²) in [4.78, 5) is 16.9. The average molecular weight is 541 g/mol. The van der Waals surface area contributed by atoms with Crippen molar-refractivity contribution in [2.75, 3.05) is 19.8 Å². The summed E-state index contributed by atoms with van der Waals surface area (Å²) >= 11 is 7.87. The Hall–Kier alpha value is -3.30. The highest BCUT2D eigenvalue weighted by Gasteiger charge is 2.36. The summed E-state index contributed by atoms with van der Waals surface area (Å²) in [6, 6.07) is 9.42. The van der Waals surface area contributed by atoms with E-state index in [2.05, 4.69) is 16.2 Å². The van der Waals surface area contributed by atoms with E-state index in [-0.39, 0.29) is 23.9 Å². The third-order valence-corrected chi connectivity index (χ3v) is 6.89. The molecule has 0 aliphatic carbocycles. The third-order valence-electron chi connectivity index (χ3n) is 5.40. The molecule has 0 saturated heterocycles. The molecule has 0 spiro atoms. The largest absolute Gasteiger partial charge is 0.490 e. The van der Waals surface area contributed by atoms with Gasteiger partial charge in [0.1, 0.15) is 24.0 Å². The first kappa shape index (κ1) is 26.8. The maximum absolute atomic E-state index is 12.7. The zero-order chi connectivity index (χ0) is 26.7. The van der Waals surface area contributed by atoms with Crippen molar-refractivity contribution in [3.63, 3.8) is 0 Å². The van der Waals surface area contributed by atoms with Gasteiger partial charge >= 0.3 is 0 Å². The molecule has 1 N–H and O–H groups in total. The number of carbonyl (C=O) groups excluding carboxylic acids is 1. The van der Waals surface area contributed by atoms with E-state index in [0.717, 1.165) is 21.9 Å². The average Bonchev–Trinajstić information content (AvgIpc) is 3.25. The lowest BCUT2D eigenvalue weighted by molar-refractivity contribution is -0.114. The molecule has 0 radical (unpaired) electrons. The Kier molecular flexibility index (Phi) is 8.24. The van der Waals surface area contributed by atoms with Crippen molar-refractivity contribution in [2.24, 2.45) is 16.0 Å². The van der Waals surface area contributed by atoms with Gasteiger partial charge in [-0.25, -0.2) is 0 Å². The van der Waals surface area contributed by atoms with E-state index in [1.54, 1.807) is 18.2 Å². The van der Waals surface area contributed by atoms with Gasteiger partial charge in [0.05, 0.1) is 17.2 Å². The monoisotopic (exact) mass is 540 g/mol. The van der Waals surface area contributed by atoms with E-state index < -0.39 is 5.91 Å². The summed E-state index contributed by atoms with van der Waals surface area (Å²) in [5.74, 6) is 1.25. The molecule has 4 rings (SSSR count). The fourth-order valence-corrected chi connectivity index (χ4v) is 4.97. The summed E-state index contributed by atoms with van der Waals surface area (Å²) in [6.45, 7) is 10.9. The zero-order valence-corrected chi connectivity index (χ0v) is 23.0. The minimum atomic E-state index is -0.498. The SMILES string of the molecule is CCOc1cc(C=C2C(=N)N3N=C(C(C)C)SC3=NC2=O)cc(Cl)c1OCCOc1cc(C)cc(C)c1. The van der Waals surface area contributed by atoms with Crippen molar-refractivity contribution in [3.05, 3.63) is 57.6 Å². The van der Waals surface area contributed by atoms with Crippen LogP contribution < -0.4 is 14.2 Å². The van der Waals surface area contributed by atoms with Crippen LogP contribution in [0.5, 0.6) is 17.2 Å².